The molecule has 0 bridgehead atoms. The van der Waals surface area contributed by atoms with Gasteiger partial charge in [-0.25, -0.2) is 0 Å². The van der Waals surface area contributed by atoms with Crippen LogP contribution in [0.25, 0.3) is 109 Å². The van der Waals surface area contributed by atoms with E-state index in [1.807, 2.05) is 0 Å². The van der Waals surface area contributed by atoms with Crippen molar-refractivity contribution in [2.45, 2.75) is 0 Å². The lowest BCUT2D eigenvalue weighted by atomic mass is 9.82. The van der Waals surface area contributed by atoms with E-state index in [4.69, 9.17) is 30.5 Å². The van der Waals surface area contributed by atoms with Crippen LogP contribution in [0.5, 0.6) is 0 Å². The van der Waals surface area contributed by atoms with E-state index in [9.17, 15) is 15.1 Å². The van der Waals surface area contributed by atoms with Crippen LogP contribution >= 0.6 is 0 Å². The Labute approximate surface area is 336 Å². The zero-order chi connectivity index (χ0) is 59.6. The van der Waals surface area contributed by atoms with Gasteiger partial charge >= 0.3 is 0 Å². The largest absolute Gasteiger partial charge is 0.456 e. The van der Waals surface area contributed by atoms with Gasteiger partial charge in [0.15, 0.2) is 0 Å². The molecule has 0 amide bonds. The molecular weight excluding hydrogens is 617 g/mol. The number of furan rings is 1. The molecule has 0 radical (unpaired) electrons. The average Bonchev–Trinajstić information content (AvgIpc) is 4.07. The summed E-state index contributed by atoms with van der Waals surface area (Å²) in [7, 11) is 0. The Morgan fingerprint density at radius 1 is 0.314 bits per heavy atom. The van der Waals surface area contributed by atoms with Crippen molar-refractivity contribution in [3.05, 3.63) is 181 Å². The number of hydrogen-bond donors (Lipinski definition) is 0. The molecule has 0 aliphatic rings. The fourth-order valence-electron chi connectivity index (χ4n) is 6.55. The molecular formula is C50H30O. The molecule has 0 fully saturated rings. The van der Waals surface area contributed by atoms with Crippen LogP contribution in [-0.2, 0) is 0 Å². The van der Waals surface area contributed by atoms with Crippen LogP contribution < -0.4 is 0 Å². The minimum atomic E-state index is -1.15. The van der Waals surface area contributed by atoms with Gasteiger partial charge in [0.25, 0.3) is 0 Å². The molecule has 0 atom stereocenters. The van der Waals surface area contributed by atoms with Crippen LogP contribution in [0.3, 0.4) is 0 Å². The Bertz CT molecular complexity index is 4840. The maximum Gasteiger partial charge on any atom is 0.136 e. The first-order chi connectivity index (χ1) is 37.8. The van der Waals surface area contributed by atoms with E-state index in [0.29, 0.717) is 0 Å². The quantitative estimate of drug-likeness (QED) is 0.170. The van der Waals surface area contributed by atoms with Gasteiger partial charge in [0, 0.05) is 10.8 Å². The topological polar surface area (TPSA) is 13.1 Å². The van der Waals surface area contributed by atoms with Gasteiger partial charge in [-0.15, -0.1) is 0 Å². The standard InChI is InChI=1S/C50H30O/c1-4-16-35-31(12-1)15-11-23-38(35)48-39-19-7-9-21-41(39)49(42-22-10-8-20-40(42)48)43-27-24-32-13-2-5-17-36(32)47(43)34-26-28-45-44(30-34)50-37-18-6-3-14-33(37)25-29-46(50)51-45/h1-30H/i1D,2D,3D,4D,5D,6D,7D,8D,9D,10D,11D,12D,13D,14D,15D,16D,17D,18D,19D,20D,21D,22D,23D,24D,25D,26D,27D,28D,29D,30D. The molecule has 1 heterocycles. The monoisotopic (exact) mass is 676 g/mol. The maximum absolute atomic E-state index is 10.1. The molecule has 11 aromatic rings. The summed E-state index contributed by atoms with van der Waals surface area (Å²) in [5.41, 5.74) is -6.46. The van der Waals surface area contributed by atoms with Crippen LogP contribution in [0.1, 0.15) is 41.1 Å². The van der Waals surface area contributed by atoms with Crippen LogP contribution in [0.2, 0.25) is 0 Å². The SMILES string of the molecule is [2H]c1c(-c2c(-c3c4c([2H])c([2H])c([2H])c([2H])c4c(-c4c([2H])c([2H])c([2H])c5c([2H])c([2H])c([2H])c([2H])c45)c4c([2H])c([2H])c([2H])c([2H])c34)c([2H])c([2H])c3c([2H])c([2H])c([2H])c([2H])c23)c([2H])c2c(oc3c([2H])c([2H])c4c([2H])c([2H])c([2H])c([2H])c4c32)c1[2H]. The summed E-state index contributed by atoms with van der Waals surface area (Å²) in [6, 6.07) is -29.4. The third-order valence-corrected chi connectivity index (χ3v) is 8.64. The highest BCUT2D eigenvalue weighted by molar-refractivity contribution is 6.26. The molecule has 11 rings (SSSR count). The molecule has 236 valence electrons. The highest BCUT2D eigenvalue weighted by Gasteiger charge is 2.22. The normalized spacial score (nSPS) is 20.2. The molecule has 1 nitrogen and oxygen atoms in total. The van der Waals surface area contributed by atoms with E-state index >= 15 is 0 Å². The second-order valence-corrected chi connectivity index (χ2v) is 11.3. The van der Waals surface area contributed by atoms with Crippen LogP contribution in [0.15, 0.2) is 186 Å². The molecule has 0 saturated carbocycles. The van der Waals surface area contributed by atoms with Gasteiger partial charge < -0.3 is 4.42 Å². The lowest BCUT2D eigenvalue weighted by molar-refractivity contribution is 0.669. The molecule has 0 N–H and O–H groups in total. The van der Waals surface area contributed by atoms with Crippen molar-refractivity contribution in [1.29, 1.82) is 0 Å². The van der Waals surface area contributed by atoms with Crippen LogP contribution in [-0.4, -0.2) is 0 Å². The first-order valence-electron chi connectivity index (χ1n) is 30.2. The minimum Gasteiger partial charge on any atom is -0.456 e. The summed E-state index contributed by atoms with van der Waals surface area (Å²) < 4.78 is 281. The number of fused-ring (bicyclic) bond motifs is 9. The zero-order valence-corrected chi connectivity index (χ0v) is 25.4. The van der Waals surface area contributed by atoms with Crippen molar-refractivity contribution >= 4 is 75.8 Å². The Hall–Kier alpha value is -6.70. The summed E-state index contributed by atoms with van der Waals surface area (Å²) in [5.74, 6) is 0. The fourth-order valence-corrected chi connectivity index (χ4v) is 6.55. The predicted molar refractivity (Wildman–Crippen MR) is 218 cm³/mol. The average molecular weight is 677 g/mol. The molecule has 0 unspecified atom stereocenters. The maximum atomic E-state index is 10.1. The lowest BCUT2D eigenvalue weighted by Gasteiger charge is -2.21. The van der Waals surface area contributed by atoms with Gasteiger partial charge in [-0.3, -0.25) is 0 Å². The van der Waals surface area contributed by atoms with Gasteiger partial charge in [0.1, 0.15) is 11.2 Å². The van der Waals surface area contributed by atoms with E-state index in [1.165, 1.54) is 0 Å². The van der Waals surface area contributed by atoms with E-state index < -0.39 is 290 Å². The van der Waals surface area contributed by atoms with Crippen molar-refractivity contribution < 1.29 is 45.5 Å². The van der Waals surface area contributed by atoms with Gasteiger partial charge in [-0.2, -0.15) is 0 Å². The molecule has 51 heavy (non-hydrogen) atoms. The molecule has 1 heteroatoms. The van der Waals surface area contributed by atoms with Gasteiger partial charge in [-0.05, 0) is 105 Å². The van der Waals surface area contributed by atoms with Crippen molar-refractivity contribution in [2.75, 3.05) is 0 Å². The van der Waals surface area contributed by atoms with Crippen molar-refractivity contribution in [3.63, 3.8) is 0 Å². The zero-order valence-electron chi connectivity index (χ0n) is 55.4. The highest BCUT2D eigenvalue weighted by Crippen LogP contribution is 2.49. The van der Waals surface area contributed by atoms with E-state index in [-0.39, 0.29) is 0 Å². The number of rotatable bonds is 3. The van der Waals surface area contributed by atoms with Crippen molar-refractivity contribution in [3.8, 4) is 33.4 Å². The second kappa shape index (κ2) is 10.9. The predicted octanol–water partition coefficient (Wildman–Crippen LogP) is 14.4. The molecule has 0 aliphatic carbocycles. The third kappa shape index (κ3) is 4.16. The van der Waals surface area contributed by atoms with E-state index in [1.54, 1.807) is 0 Å². The first kappa shape index (κ1) is 11.7. The van der Waals surface area contributed by atoms with Crippen molar-refractivity contribution in [2.24, 2.45) is 0 Å². The molecule has 0 aliphatic heterocycles. The van der Waals surface area contributed by atoms with Gasteiger partial charge in [-0.1, -0.05) is 163 Å². The Morgan fingerprint density at radius 2 is 0.804 bits per heavy atom. The first-order valence-corrected chi connectivity index (χ1v) is 15.2. The van der Waals surface area contributed by atoms with Crippen LogP contribution in [0, 0.1) is 0 Å². The van der Waals surface area contributed by atoms with Crippen molar-refractivity contribution in [1.82, 2.24) is 0 Å². The molecule has 10 aromatic carbocycles. The Kier molecular flexibility index (Phi) is 2.50. The molecule has 1 aromatic heterocycles. The summed E-state index contributed by atoms with van der Waals surface area (Å²) >= 11 is 0. The smallest absolute Gasteiger partial charge is 0.136 e. The van der Waals surface area contributed by atoms with E-state index in [2.05, 4.69) is 0 Å². The summed E-state index contributed by atoms with van der Waals surface area (Å²) in [4.78, 5) is 0. The summed E-state index contributed by atoms with van der Waals surface area (Å²) in [6.45, 7) is 0. The fraction of sp³-hybridized carbons (Fsp3) is 0. The second-order valence-electron chi connectivity index (χ2n) is 11.3. The van der Waals surface area contributed by atoms with Gasteiger partial charge in [0.05, 0.1) is 41.1 Å². The number of benzene rings is 10. The molecule has 0 spiro atoms. The van der Waals surface area contributed by atoms with Gasteiger partial charge in [0.2, 0.25) is 0 Å². The Balaban J connectivity index is 1.53. The molecule has 0 saturated heterocycles. The Morgan fingerprint density at radius 3 is 1.49 bits per heavy atom. The van der Waals surface area contributed by atoms with Crippen LogP contribution in [0.4, 0.5) is 0 Å². The van der Waals surface area contributed by atoms with E-state index in [0.717, 1.165) is 0 Å². The number of hydrogen-bond acceptors (Lipinski definition) is 1. The summed E-state index contributed by atoms with van der Waals surface area (Å²) in [5, 5.41) is -8.44. The highest BCUT2D eigenvalue weighted by atomic mass is 16.3. The minimum absolute atomic E-state index is 0.476. The lowest BCUT2D eigenvalue weighted by Crippen LogP contribution is -1.94. The summed E-state index contributed by atoms with van der Waals surface area (Å²) in [6.07, 6.45) is 0. The third-order valence-electron chi connectivity index (χ3n) is 8.64.